The Morgan fingerprint density at radius 1 is 0.800 bits per heavy atom. The van der Waals surface area contributed by atoms with Crippen molar-refractivity contribution < 1.29 is 30.7 Å². The summed E-state index contributed by atoms with van der Waals surface area (Å²) < 4.78 is 79.2. The first-order valence-corrected chi connectivity index (χ1v) is 5.22. The Bertz CT molecular complexity index is 236. The largest absolute Gasteiger partial charge is 0.446 e. The van der Waals surface area contributed by atoms with Crippen molar-refractivity contribution in [3.05, 3.63) is 0 Å². The SMILES string of the molecule is N#CSC(F)(SC(F)(F)F)SC(F)(F)F. The van der Waals surface area contributed by atoms with Crippen LogP contribution in [0.1, 0.15) is 0 Å². The molecular weight excluding hydrogens is 291 g/mol. The molecule has 0 heterocycles. The summed E-state index contributed by atoms with van der Waals surface area (Å²) in [5.74, 6) is 0. The van der Waals surface area contributed by atoms with Crippen LogP contribution in [0.3, 0.4) is 0 Å². The maximum absolute atomic E-state index is 13.0. The van der Waals surface area contributed by atoms with E-state index in [9.17, 15) is 30.7 Å². The number of nitriles is 1. The predicted octanol–water partition coefficient (Wildman–Crippen LogP) is 4.29. The molecule has 0 spiro atoms. The number of halogens is 7. The molecule has 15 heavy (non-hydrogen) atoms. The second-order valence-electron chi connectivity index (χ2n) is 1.77. The van der Waals surface area contributed by atoms with E-state index >= 15 is 0 Å². The second kappa shape index (κ2) is 4.92. The average molecular weight is 291 g/mol. The van der Waals surface area contributed by atoms with Gasteiger partial charge in [0.1, 0.15) is 5.40 Å². The molecule has 0 aliphatic heterocycles. The summed E-state index contributed by atoms with van der Waals surface area (Å²) in [6, 6.07) is 0. The summed E-state index contributed by atoms with van der Waals surface area (Å²) in [6.07, 6.45) is 0. The monoisotopic (exact) mass is 291 g/mol. The molecule has 11 heteroatoms. The van der Waals surface area contributed by atoms with Gasteiger partial charge in [0, 0.05) is 35.3 Å². The van der Waals surface area contributed by atoms with Gasteiger partial charge in [-0.3, -0.25) is 0 Å². The maximum Gasteiger partial charge on any atom is 0.446 e. The molecule has 0 unspecified atom stereocenters. The Balaban J connectivity index is 4.69. The molecule has 0 aromatic carbocycles. The molecule has 0 aromatic rings. The van der Waals surface area contributed by atoms with E-state index in [2.05, 4.69) is 0 Å². The molecule has 0 fully saturated rings. The zero-order chi connectivity index (χ0) is 12.3. The molecule has 0 amide bonds. The van der Waals surface area contributed by atoms with Gasteiger partial charge in [-0.25, -0.2) is 4.39 Å². The summed E-state index contributed by atoms with van der Waals surface area (Å²) in [6.45, 7) is 0. The van der Waals surface area contributed by atoms with E-state index < -0.39 is 50.0 Å². The summed E-state index contributed by atoms with van der Waals surface area (Å²) in [7, 11) is 0. The molecule has 0 saturated carbocycles. The fraction of sp³-hybridized carbons (Fsp3) is 0.750. The normalized spacial score (nSPS) is 13.7. The van der Waals surface area contributed by atoms with Crippen molar-refractivity contribution in [1.82, 2.24) is 0 Å². The van der Waals surface area contributed by atoms with Gasteiger partial charge >= 0.3 is 11.0 Å². The molecular formula is C4F7NS3. The average Bonchev–Trinajstić information content (AvgIpc) is 1.74. The summed E-state index contributed by atoms with van der Waals surface area (Å²) in [5.41, 5.74) is -10.4. The van der Waals surface area contributed by atoms with E-state index in [1.54, 1.807) is 0 Å². The van der Waals surface area contributed by atoms with Crippen LogP contribution in [-0.2, 0) is 0 Å². The van der Waals surface area contributed by atoms with Crippen LogP contribution in [0.5, 0.6) is 0 Å². The van der Waals surface area contributed by atoms with Gasteiger partial charge in [0.05, 0.1) is 0 Å². The van der Waals surface area contributed by atoms with Gasteiger partial charge in [0.15, 0.2) is 0 Å². The van der Waals surface area contributed by atoms with E-state index in [4.69, 9.17) is 5.26 Å². The summed E-state index contributed by atoms with van der Waals surface area (Å²) in [4.78, 5) is 0. The first-order valence-electron chi connectivity index (χ1n) is 2.77. The van der Waals surface area contributed by atoms with Crippen molar-refractivity contribution in [2.45, 2.75) is 14.7 Å². The Hall–Kier alpha value is 0.0500. The van der Waals surface area contributed by atoms with Crippen LogP contribution in [0.4, 0.5) is 30.7 Å². The predicted molar refractivity (Wildman–Crippen MR) is 44.3 cm³/mol. The zero-order valence-electron chi connectivity index (χ0n) is 6.32. The Morgan fingerprint density at radius 2 is 1.13 bits per heavy atom. The molecule has 0 aliphatic rings. The third-order valence-electron chi connectivity index (χ3n) is 0.643. The number of nitrogens with zero attached hydrogens (tertiary/aromatic N) is 1. The van der Waals surface area contributed by atoms with Crippen molar-refractivity contribution in [1.29, 1.82) is 5.26 Å². The quantitative estimate of drug-likeness (QED) is 0.440. The number of rotatable bonds is 3. The fourth-order valence-corrected chi connectivity index (χ4v) is 2.91. The minimum Gasteiger partial charge on any atom is -0.205 e. The van der Waals surface area contributed by atoms with E-state index in [1.165, 1.54) is 0 Å². The molecule has 1 nitrogen and oxygen atoms in total. The lowest BCUT2D eigenvalue weighted by atomic mass is 11.5. The fourth-order valence-electron chi connectivity index (χ4n) is 0.393. The van der Waals surface area contributed by atoms with Crippen molar-refractivity contribution in [2.24, 2.45) is 0 Å². The molecule has 0 radical (unpaired) electrons. The number of hydrogen-bond acceptors (Lipinski definition) is 4. The second-order valence-corrected chi connectivity index (χ2v) is 5.95. The van der Waals surface area contributed by atoms with E-state index in [-0.39, 0.29) is 0 Å². The van der Waals surface area contributed by atoms with Gasteiger partial charge in [0.25, 0.3) is 3.66 Å². The first kappa shape index (κ1) is 15.0. The minimum absolute atomic E-state index is 0.743. The number of hydrogen-bond donors (Lipinski definition) is 0. The van der Waals surface area contributed by atoms with Gasteiger partial charge in [0.2, 0.25) is 0 Å². The van der Waals surface area contributed by atoms with E-state index in [0.29, 0.717) is 0 Å². The zero-order valence-corrected chi connectivity index (χ0v) is 8.77. The number of alkyl halides is 7. The van der Waals surface area contributed by atoms with Crippen LogP contribution in [-0.4, -0.2) is 14.7 Å². The Morgan fingerprint density at radius 3 is 1.33 bits per heavy atom. The third-order valence-corrected chi connectivity index (χ3v) is 3.43. The standard InChI is InChI=1S/C4F7NS3/c5-2(6,7)14-4(11,13-1-12)15-3(8,9)10. The van der Waals surface area contributed by atoms with E-state index in [0.717, 1.165) is 5.40 Å². The highest BCUT2D eigenvalue weighted by atomic mass is 32.3. The van der Waals surface area contributed by atoms with Crippen LogP contribution < -0.4 is 0 Å². The topological polar surface area (TPSA) is 23.8 Å². The summed E-state index contributed by atoms with van der Waals surface area (Å²) >= 11 is -3.80. The molecule has 0 atom stereocenters. The highest BCUT2D eigenvalue weighted by molar-refractivity contribution is 8.35. The van der Waals surface area contributed by atoms with Gasteiger partial charge in [-0.2, -0.15) is 31.6 Å². The molecule has 0 N–H and O–H groups in total. The molecule has 88 valence electrons. The van der Waals surface area contributed by atoms with Crippen LogP contribution in [0.2, 0.25) is 0 Å². The van der Waals surface area contributed by atoms with Gasteiger partial charge in [-0.1, -0.05) is 0 Å². The Kier molecular flexibility index (Phi) is 4.94. The van der Waals surface area contributed by atoms with Crippen LogP contribution >= 0.6 is 35.3 Å². The van der Waals surface area contributed by atoms with E-state index in [1.807, 2.05) is 0 Å². The first-order chi connectivity index (χ1) is 6.47. The van der Waals surface area contributed by atoms with Gasteiger partial charge in [-0.15, -0.1) is 0 Å². The van der Waals surface area contributed by atoms with Gasteiger partial charge < -0.3 is 0 Å². The van der Waals surface area contributed by atoms with Crippen LogP contribution in [0.25, 0.3) is 0 Å². The third kappa shape index (κ3) is 7.92. The smallest absolute Gasteiger partial charge is 0.205 e. The van der Waals surface area contributed by atoms with Crippen molar-refractivity contribution in [3.63, 3.8) is 0 Å². The number of thioether (sulfide) groups is 3. The van der Waals surface area contributed by atoms with Crippen molar-refractivity contribution >= 4 is 35.3 Å². The van der Waals surface area contributed by atoms with Crippen molar-refractivity contribution in [3.8, 4) is 5.40 Å². The lowest BCUT2D eigenvalue weighted by Crippen LogP contribution is -2.20. The number of thiocyanates is 1. The maximum atomic E-state index is 13.0. The minimum atomic E-state index is -5.20. The van der Waals surface area contributed by atoms with Gasteiger partial charge in [-0.05, 0) is 0 Å². The molecule has 0 aliphatic carbocycles. The lowest BCUT2D eigenvalue weighted by Gasteiger charge is -2.21. The van der Waals surface area contributed by atoms with Crippen molar-refractivity contribution in [2.75, 3.05) is 0 Å². The van der Waals surface area contributed by atoms with Crippen LogP contribution in [0, 0.1) is 10.7 Å². The molecule has 0 saturated heterocycles. The lowest BCUT2D eigenvalue weighted by molar-refractivity contribution is -0.0363. The summed E-state index contributed by atoms with van der Waals surface area (Å²) in [5, 5.41) is 8.76. The highest BCUT2D eigenvalue weighted by Crippen LogP contribution is 2.58. The molecule has 0 rings (SSSR count). The Labute approximate surface area is 91.8 Å². The van der Waals surface area contributed by atoms with Crippen LogP contribution in [0.15, 0.2) is 0 Å². The highest BCUT2D eigenvalue weighted by Gasteiger charge is 2.52. The molecule has 0 aromatic heterocycles. The molecule has 0 bridgehead atoms.